The first-order valence-corrected chi connectivity index (χ1v) is 5.98. The van der Waals surface area contributed by atoms with Crippen LogP contribution >= 0.6 is 0 Å². The standard InChI is InChI=1S/C15H13N3O/c1-10-5-4-8-13(14(10)16)19-15-11-6-2-3-7-12(11)17-9-18-15/h2-9H,16H2,1H3. The predicted octanol–water partition coefficient (Wildman–Crippen LogP) is 3.31. The Labute approximate surface area is 110 Å². The Kier molecular flexibility index (Phi) is 2.76. The van der Waals surface area contributed by atoms with Crippen LogP contribution in [0.4, 0.5) is 5.69 Å². The van der Waals surface area contributed by atoms with Crippen molar-refractivity contribution >= 4 is 16.6 Å². The van der Waals surface area contributed by atoms with Gasteiger partial charge < -0.3 is 10.5 Å². The van der Waals surface area contributed by atoms with Crippen LogP contribution in [-0.2, 0) is 0 Å². The zero-order valence-corrected chi connectivity index (χ0v) is 10.5. The average molecular weight is 251 g/mol. The predicted molar refractivity (Wildman–Crippen MR) is 75.2 cm³/mol. The van der Waals surface area contributed by atoms with Crippen molar-refractivity contribution in [3.8, 4) is 11.6 Å². The van der Waals surface area contributed by atoms with Gasteiger partial charge in [-0.05, 0) is 30.7 Å². The fourth-order valence-electron chi connectivity index (χ4n) is 1.91. The summed E-state index contributed by atoms with van der Waals surface area (Å²) in [4.78, 5) is 8.39. The van der Waals surface area contributed by atoms with Gasteiger partial charge in [0.1, 0.15) is 6.33 Å². The zero-order chi connectivity index (χ0) is 13.2. The molecule has 0 saturated carbocycles. The molecule has 2 N–H and O–H groups in total. The molecule has 2 aromatic carbocycles. The largest absolute Gasteiger partial charge is 0.436 e. The van der Waals surface area contributed by atoms with E-state index in [1.807, 2.05) is 49.4 Å². The molecular weight excluding hydrogens is 238 g/mol. The Balaban J connectivity index is 2.09. The van der Waals surface area contributed by atoms with Crippen LogP contribution in [-0.4, -0.2) is 9.97 Å². The molecule has 0 saturated heterocycles. The normalized spacial score (nSPS) is 10.6. The molecule has 19 heavy (non-hydrogen) atoms. The molecule has 0 aliphatic heterocycles. The summed E-state index contributed by atoms with van der Waals surface area (Å²) >= 11 is 0. The summed E-state index contributed by atoms with van der Waals surface area (Å²) in [6, 6.07) is 13.4. The number of hydrogen-bond donors (Lipinski definition) is 1. The topological polar surface area (TPSA) is 61.0 Å². The Morgan fingerprint density at radius 2 is 1.84 bits per heavy atom. The molecule has 0 bridgehead atoms. The van der Waals surface area contributed by atoms with Crippen LogP contribution in [0.15, 0.2) is 48.8 Å². The Hall–Kier alpha value is -2.62. The van der Waals surface area contributed by atoms with E-state index in [-0.39, 0.29) is 0 Å². The number of nitrogens with two attached hydrogens (primary N) is 1. The van der Waals surface area contributed by atoms with Gasteiger partial charge in [-0.25, -0.2) is 9.97 Å². The molecule has 0 aliphatic carbocycles. The van der Waals surface area contributed by atoms with Gasteiger partial charge in [-0.15, -0.1) is 0 Å². The summed E-state index contributed by atoms with van der Waals surface area (Å²) in [6.45, 7) is 1.94. The van der Waals surface area contributed by atoms with Gasteiger partial charge in [0.05, 0.1) is 16.6 Å². The molecular formula is C15H13N3O. The molecule has 0 amide bonds. The zero-order valence-electron chi connectivity index (χ0n) is 10.5. The molecule has 0 unspecified atom stereocenters. The molecule has 1 aromatic heterocycles. The summed E-state index contributed by atoms with van der Waals surface area (Å²) in [6.07, 6.45) is 1.49. The van der Waals surface area contributed by atoms with Crippen molar-refractivity contribution in [2.24, 2.45) is 0 Å². The van der Waals surface area contributed by atoms with Crippen molar-refractivity contribution in [2.45, 2.75) is 6.92 Å². The van der Waals surface area contributed by atoms with E-state index in [0.29, 0.717) is 17.3 Å². The van der Waals surface area contributed by atoms with E-state index < -0.39 is 0 Å². The van der Waals surface area contributed by atoms with E-state index in [9.17, 15) is 0 Å². The second-order valence-electron chi connectivity index (χ2n) is 4.28. The van der Waals surface area contributed by atoms with Crippen molar-refractivity contribution in [1.82, 2.24) is 9.97 Å². The Bertz CT molecular complexity index is 735. The first-order chi connectivity index (χ1) is 9.25. The van der Waals surface area contributed by atoms with Crippen LogP contribution in [0, 0.1) is 6.92 Å². The second kappa shape index (κ2) is 4.57. The molecule has 0 aliphatic rings. The highest BCUT2D eigenvalue weighted by atomic mass is 16.5. The monoisotopic (exact) mass is 251 g/mol. The molecule has 4 heteroatoms. The maximum atomic E-state index is 6.01. The molecule has 0 radical (unpaired) electrons. The lowest BCUT2D eigenvalue weighted by Crippen LogP contribution is -1.96. The first kappa shape index (κ1) is 11.5. The smallest absolute Gasteiger partial charge is 0.230 e. The highest BCUT2D eigenvalue weighted by Gasteiger charge is 2.08. The quantitative estimate of drug-likeness (QED) is 0.710. The van der Waals surface area contributed by atoms with Gasteiger partial charge in [-0.1, -0.05) is 24.3 Å². The van der Waals surface area contributed by atoms with E-state index >= 15 is 0 Å². The van der Waals surface area contributed by atoms with Crippen molar-refractivity contribution in [2.75, 3.05) is 5.73 Å². The van der Waals surface area contributed by atoms with Gasteiger partial charge in [-0.3, -0.25) is 0 Å². The highest BCUT2D eigenvalue weighted by molar-refractivity contribution is 5.83. The van der Waals surface area contributed by atoms with E-state index in [2.05, 4.69) is 9.97 Å². The molecule has 3 aromatic rings. The van der Waals surface area contributed by atoms with Gasteiger partial charge in [0.2, 0.25) is 5.88 Å². The molecule has 94 valence electrons. The molecule has 4 nitrogen and oxygen atoms in total. The van der Waals surface area contributed by atoms with Gasteiger partial charge in [0.15, 0.2) is 5.75 Å². The number of aromatic nitrogens is 2. The Morgan fingerprint density at radius 1 is 1.00 bits per heavy atom. The first-order valence-electron chi connectivity index (χ1n) is 5.98. The van der Waals surface area contributed by atoms with E-state index in [4.69, 9.17) is 10.5 Å². The maximum Gasteiger partial charge on any atom is 0.230 e. The number of nitrogens with zero attached hydrogens (tertiary/aromatic N) is 2. The number of benzene rings is 2. The molecule has 0 fully saturated rings. The third kappa shape index (κ3) is 2.08. The lowest BCUT2D eigenvalue weighted by Gasteiger charge is -2.10. The van der Waals surface area contributed by atoms with Gasteiger partial charge in [-0.2, -0.15) is 0 Å². The van der Waals surface area contributed by atoms with Crippen LogP contribution in [0.5, 0.6) is 11.6 Å². The number of rotatable bonds is 2. The summed E-state index contributed by atoms with van der Waals surface area (Å²) in [7, 11) is 0. The summed E-state index contributed by atoms with van der Waals surface area (Å²) in [5.41, 5.74) is 8.46. The lowest BCUT2D eigenvalue weighted by atomic mass is 10.2. The van der Waals surface area contributed by atoms with E-state index in [0.717, 1.165) is 16.5 Å². The molecule has 3 rings (SSSR count). The van der Waals surface area contributed by atoms with Gasteiger partial charge in [0.25, 0.3) is 0 Å². The van der Waals surface area contributed by atoms with Crippen LogP contribution < -0.4 is 10.5 Å². The fourth-order valence-corrected chi connectivity index (χ4v) is 1.91. The molecule has 1 heterocycles. The lowest BCUT2D eigenvalue weighted by molar-refractivity contribution is 0.470. The fraction of sp³-hybridized carbons (Fsp3) is 0.0667. The van der Waals surface area contributed by atoms with Crippen LogP contribution in [0.1, 0.15) is 5.56 Å². The average Bonchev–Trinajstić information content (AvgIpc) is 2.44. The Morgan fingerprint density at radius 3 is 2.74 bits per heavy atom. The number of ether oxygens (including phenoxy) is 1. The minimum absolute atomic E-state index is 0.517. The van der Waals surface area contributed by atoms with Crippen molar-refractivity contribution in [1.29, 1.82) is 0 Å². The third-order valence-electron chi connectivity index (χ3n) is 3.00. The number of hydrogen-bond acceptors (Lipinski definition) is 4. The van der Waals surface area contributed by atoms with Crippen molar-refractivity contribution in [3.05, 3.63) is 54.4 Å². The number of anilines is 1. The third-order valence-corrected chi connectivity index (χ3v) is 3.00. The van der Waals surface area contributed by atoms with Gasteiger partial charge >= 0.3 is 0 Å². The summed E-state index contributed by atoms with van der Waals surface area (Å²) in [5, 5.41) is 0.867. The SMILES string of the molecule is Cc1cccc(Oc2ncnc3ccccc23)c1N. The maximum absolute atomic E-state index is 6.01. The van der Waals surface area contributed by atoms with Crippen LogP contribution in [0.3, 0.4) is 0 Å². The van der Waals surface area contributed by atoms with E-state index in [1.165, 1.54) is 6.33 Å². The second-order valence-corrected chi connectivity index (χ2v) is 4.28. The minimum Gasteiger partial charge on any atom is -0.436 e. The summed E-state index contributed by atoms with van der Waals surface area (Å²) in [5.74, 6) is 1.13. The number of aryl methyl sites for hydroxylation is 1. The summed E-state index contributed by atoms with van der Waals surface area (Å²) < 4.78 is 5.83. The highest BCUT2D eigenvalue weighted by Crippen LogP contribution is 2.31. The van der Waals surface area contributed by atoms with Crippen molar-refractivity contribution < 1.29 is 4.74 Å². The van der Waals surface area contributed by atoms with E-state index in [1.54, 1.807) is 0 Å². The van der Waals surface area contributed by atoms with Crippen LogP contribution in [0.2, 0.25) is 0 Å². The van der Waals surface area contributed by atoms with Crippen LogP contribution in [0.25, 0.3) is 10.9 Å². The molecule has 0 atom stereocenters. The number of fused-ring (bicyclic) bond motifs is 1. The minimum atomic E-state index is 0.517. The number of para-hydroxylation sites is 2. The van der Waals surface area contributed by atoms with Gasteiger partial charge in [0, 0.05) is 0 Å². The molecule has 0 spiro atoms. The number of nitrogen functional groups attached to an aromatic ring is 1. The van der Waals surface area contributed by atoms with Crippen molar-refractivity contribution in [3.63, 3.8) is 0 Å².